The van der Waals surface area contributed by atoms with Crippen molar-refractivity contribution >= 4 is 23.3 Å². The first-order valence-corrected chi connectivity index (χ1v) is 9.97. The first-order chi connectivity index (χ1) is 14.2. The van der Waals surface area contributed by atoms with Crippen molar-refractivity contribution in [3.05, 3.63) is 71.0 Å². The van der Waals surface area contributed by atoms with Gasteiger partial charge in [-0.15, -0.1) is 0 Å². The SMILES string of the molecule is C=C(c1cc(C(CCC)CCNC(=O)OCc2ccccc2)cc(Cl)n1)C(F)(F)F. The average molecular weight is 441 g/mol. The van der Waals surface area contributed by atoms with Crippen LogP contribution >= 0.6 is 11.6 Å². The summed E-state index contributed by atoms with van der Waals surface area (Å²) in [6, 6.07) is 12.2. The Hall–Kier alpha value is -2.54. The largest absolute Gasteiger partial charge is 0.445 e. The molecule has 1 aromatic carbocycles. The number of pyridine rings is 1. The second-order valence-electron chi connectivity index (χ2n) is 6.85. The fourth-order valence-electron chi connectivity index (χ4n) is 3.00. The van der Waals surface area contributed by atoms with E-state index in [2.05, 4.69) is 16.9 Å². The highest BCUT2D eigenvalue weighted by Crippen LogP contribution is 2.34. The molecule has 1 atom stereocenters. The molecule has 1 amide bonds. The molecule has 162 valence electrons. The fraction of sp³-hybridized carbons (Fsp3) is 0.364. The summed E-state index contributed by atoms with van der Waals surface area (Å²) in [6.07, 6.45) is -3.07. The molecule has 1 N–H and O–H groups in total. The summed E-state index contributed by atoms with van der Waals surface area (Å²) in [5.41, 5.74) is 0.183. The number of hydrogen-bond donors (Lipinski definition) is 1. The monoisotopic (exact) mass is 440 g/mol. The van der Waals surface area contributed by atoms with Gasteiger partial charge >= 0.3 is 12.3 Å². The Labute approximate surface area is 179 Å². The van der Waals surface area contributed by atoms with Crippen LogP contribution in [0.2, 0.25) is 5.15 Å². The van der Waals surface area contributed by atoms with Gasteiger partial charge in [-0.25, -0.2) is 9.78 Å². The highest BCUT2D eigenvalue weighted by Gasteiger charge is 2.34. The van der Waals surface area contributed by atoms with Gasteiger partial charge in [-0.3, -0.25) is 0 Å². The quantitative estimate of drug-likeness (QED) is 0.452. The van der Waals surface area contributed by atoms with Crippen LogP contribution in [0.15, 0.2) is 49.0 Å². The Morgan fingerprint density at radius 1 is 1.23 bits per heavy atom. The normalized spacial score (nSPS) is 12.3. The van der Waals surface area contributed by atoms with Crippen LogP contribution in [0.1, 0.15) is 48.9 Å². The van der Waals surface area contributed by atoms with E-state index in [0.717, 1.165) is 18.4 Å². The van der Waals surface area contributed by atoms with E-state index in [4.69, 9.17) is 16.3 Å². The van der Waals surface area contributed by atoms with Gasteiger partial charge in [0.15, 0.2) is 0 Å². The van der Waals surface area contributed by atoms with E-state index in [1.807, 2.05) is 37.3 Å². The van der Waals surface area contributed by atoms with Crippen molar-refractivity contribution in [2.75, 3.05) is 6.54 Å². The van der Waals surface area contributed by atoms with E-state index in [1.165, 1.54) is 6.07 Å². The smallest absolute Gasteiger partial charge is 0.417 e. The molecule has 0 aliphatic heterocycles. The van der Waals surface area contributed by atoms with Crippen LogP contribution in [0.25, 0.3) is 5.57 Å². The number of nitrogens with one attached hydrogen (secondary N) is 1. The predicted molar refractivity (Wildman–Crippen MR) is 111 cm³/mol. The number of allylic oxidation sites excluding steroid dienone is 1. The van der Waals surface area contributed by atoms with Crippen LogP contribution < -0.4 is 5.32 Å². The maximum Gasteiger partial charge on any atom is 0.417 e. The average Bonchev–Trinajstić information content (AvgIpc) is 2.70. The molecule has 4 nitrogen and oxygen atoms in total. The Kier molecular flexibility index (Phi) is 8.72. The molecule has 0 bridgehead atoms. The maximum absolute atomic E-state index is 13.0. The molecule has 0 fully saturated rings. The molecule has 2 aromatic rings. The van der Waals surface area contributed by atoms with E-state index in [-0.39, 0.29) is 23.4 Å². The summed E-state index contributed by atoms with van der Waals surface area (Å²) in [6.45, 7) is 5.55. The van der Waals surface area contributed by atoms with Crippen LogP contribution in [0.3, 0.4) is 0 Å². The number of benzene rings is 1. The second-order valence-corrected chi connectivity index (χ2v) is 7.23. The Balaban J connectivity index is 1.97. The standard InChI is InChI=1S/C22H24ClF3N2O2/c1-3-7-17(10-11-27-21(29)30-14-16-8-5-4-6-9-16)18-12-19(28-20(23)13-18)15(2)22(24,25)26/h4-6,8-9,12-13,17H,2-3,7,10-11,14H2,1H3,(H,27,29). The minimum Gasteiger partial charge on any atom is -0.445 e. The summed E-state index contributed by atoms with van der Waals surface area (Å²) in [4.78, 5) is 15.7. The predicted octanol–water partition coefficient (Wildman–Crippen LogP) is 6.51. The number of rotatable bonds is 9. The minimum atomic E-state index is -4.58. The molecule has 1 unspecified atom stereocenters. The molecule has 0 spiro atoms. The molecule has 0 saturated carbocycles. The maximum atomic E-state index is 13.0. The Morgan fingerprint density at radius 2 is 1.93 bits per heavy atom. The summed E-state index contributed by atoms with van der Waals surface area (Å²) in [7, 11) is 0. The van der Waals surface area contributed by atoms with Crippen molar-refractivity contribution < 1.29 is 22.7 Å². The third kappa shape index (κ3) is 7.37. The number of aromatic nitrogens is 1. The summed E-state index contributed by atoms with van der Waals surface area (Å²) in [5, 5.41) is 2.66. The van der Waals surface area contributed by atoms with Crippen LogP contribution in [0.4, 0.5) is 18.0 Å². The first kappa shape index (κ1) is 23.7. The molecule has 2 rings (SSSR count). The van der Waals surface area contributed by atoms with Gasteiger partial charge in [0.05, 0.1) is 11.3 Å². The van der Waals surface area contributed by atoms with Crippen molar-refractivity contribution in [2.45, 2.75) is 44.9 Å². The summed E-state index contributed by atoms with van der Waals surface area (Å²) >= 11 is 5.96. The van der Waals surface area contributed by atoms with Crippen molar-refractivity contribution in [1.82, 2.24) is 10.3 Å². The zero-order valence-electron chi connectivity index (χ0n) is 16.6. The van der Waals surface area contributed by atoms with Gasteiger partial charge in [-0.05, 0) is 42.0 Å². The molecule has 30 heavy (non-hydrogen) atoms. The van der Waals surface area contributed by atoms with Gasteiger partial charge in [0.1, 0.15) is 11.8 Å². The van der Waals surface area contributed by atoms with Crippen molar-refractivity contribution in [3.8, 4) is 0 Å². The lowest BCUT2D eigenvalue weighted by Crippen LogP contribution is -2.26. The number of ether oxygens (including phenoxy) is 1. The van der Waals surface area contributed by atoms with E-state index in [9.17, 15) is 18.0 Å². The summed E-state index contributed by atoms with van der Waals surface area (Å²) in [5.74, 6) is -0.0929. The van der Waals surface area contributed by atoms with Gasteiger partial charge in [-0.1, -0.05) is 61.9 Å². The number of alkyl halides is 3. The van der Waals surface area contributed by atoms with Crippen molar-refractivity contribution in [1.29, 1.82) is 0 Å². The second kappa shape index (κ2) is 11.0. The molecule has 1 heterocycles. The number of nitrogens with zero attached hydrogens (tertiary/aromatic N) is 1. The van der Waals surface area contributed by atoms with E-state index in [0.29, 0.717) is 18.5 Å². The third-order valence-corrected chi connectivity index (χ3v) is 4.74. The minimum absolute atomic E-state index is 0.0239. The molecule has 8 heteroatoms. The third-order valence-electron chi connectivity index (χ3n) is 4.55. The first-order valence-electron chi connectivity index (χ1n) is 9.59. The van der Waals surface area contributed by atoms with Gasteiger partial charge in [-0.2, -0.15) is 13.2 Å². The number of carbonyl (C=O) groups is 1. The molecule has 0 radical (unpaired) electrons. The number of alkyl carbamates (subject to hydrolysis) is 1. The van der Waals surface area contributed by atoms with Gasteiger partial charge in [0, 0.05) is 6.54 Å². The van der Waals surface area contributed by atoms with Crippen LogP contribution in [0.5, 0.6) is 0 Å². The highest BCUT2D eigenvalue weighted by molar-refractivity contribution is 6.29. The zero-order chi connectivity index (χ0) is 22.1. The van der Waals surface area contributed by atoms with E-state index >= 15 is 0 Å². The van der Waals surface area contributed by atoms with Gasteiger partial charge in [0.2, 0.25) is 0 Å². The highest BCUT2D eigenvalue weighted by atomic mass is 35.5. The van der Waals surface area contributed by atoms with Gasteiger partial charge in [0.25, 0.3) is 0 Å². The Bertz CT molecular complexity index is 857. The molecular weight excluding hydrogens is 417 g/mol. The molecule has 1 aromatic heterocycles. The molecule has 0 saturated heterocycles. The number of hydrogen-bond acceptors (Lipinski definition) is 3. The van der Waals surface area contributed by atoms with E-state index in [1.54, 1.807) is 6.07 Å². The van der Waals surface area contributed by atoms with Gasteiger partial charge < -0.3 is 10.1 Å². The number of amides is 1. The number of halogens is 4. The Morgan fingerprint density at radius 3 is 2.57 bits per heavy atom. The molecular formula is C22H24ClF3N2O2. The number of carbonyl (C=O) groups excluding carboxylic acids is 1. The lowest BCUT2D eigenvalue weighted by atomic mass is 9.91. The summed E-state index contributed by atoms with van der Waals surface area (Å²) < 4.78 is 44.1. The molecule has 0 aliphatic rings. The van der Waals surface area contributed by atoms with Crippen molar-refractivity contribution in [3.63, 3.8) is 0 Å². The fourth-order valence-corrected chi connectivity index (χ4v) is 3.22. The zero-order valence-corrected chi connectivity index (χ0v) is 17.4. The lowest BCUT2D eigenvalue weighted by molar-refractivity contribution is -0.0689. The topological polar surface area (TPSA) is 51.2 Å². The van der Waals surface area contributed by atoms with Crippen molar-refractivity contribution in [2.24, 2.45) is 0 Å². The van der Waals surface area contributed by atoms with Crippen LogP contribution in [-0.4, -0.2) is 23.8 Å². The van der Waals surface area contributed by atoms with E-state index < -0.39 is 17.8 Å². The molecule has 0 aliphatic carbocycles. The van der Waals surface area contributed by atoms with Crippen LogP contribution in [0, 0.1) is 0 Å². The van der Waals surface area contributed by atoms with Crippen LogP contribution in [-0.2, 0) is 11.3 Å². The lowest BCUT2D eigenvalue weighted by Gasteiger charge is -2.19.